The Labute approximate surface area is 138 Å². The largest absolute Gasteiger partial charge is 0.380 e. The number of carbonyl (C=O) groups excluding carboxylic acids is 1. The number of amides is 1. The maximum absolute atomic E-state index is 12.2. The average molecular weight is 338 g/mol. The molecular weight excluding hydrogens is 322 g/mol. The van der Waals surface area contributed by atoms with Crippen molar-refractivity contribution in [2.45, 2.75) is 18.3 Å². The molecule has 0 spiro atoms. The molecule has 0 aliphatic carbocycles. The Bertz CT molecular complexity index is 667. The molecule has 0 saturated carbocycles. The summed E-state index contributed by atoms with van der Waals surface area (Å²) in [6.45, 7) is 0.932. The molecule has 1 aromatic heterocycles. The highest BCUT2D eigenvalue weighted by atomic mass is 35.5. The minimum absolute atomic E-state index is 0.189. The summed E-state index contributed by atoms with van der Waals surface area (Å²) in [7, 11) is 1.65. The summed E-state index contributed by atoms with van der Waals surface area (Å²) in [5.41, 5.74) is 2.23. The predicted molar refractivity (Wildman–Crippen MR) is 87.1 cm³/mol. The van der Waals surface area contributed by atoms with Crippen molar-refractivity contribution in [1.29, 1.82) is 0 Å². The molecule has 7 heteroatoms. The molecule has 0 aliphatic heterocycles. The van der Waals surface area contributed by atoms with Gasteiger partial charge in [-0.3, -0.25) is 4.79 Å². The Morgan fingerprint density at radius 1 is 1.41 bits per heavy atom. The van der Waals surface area contributed by atoms with E-state index in [2.05, 4.69) is 15.3 Å². The van der Waals surface area contributed by atoms with Gasteiger partial charge in [0.15, 0.2) is 10.9 Å². The van der Waals surface area contributed by atoms with Gasteiger partial charge in [0.1, 0.15) is 0 Å². The summed E-state index contributed by atoms with van der Waals surface area (Å²) in [6, 6.07) is 7.83. The van der Waals surface area contributed by atoms with Gasteiger partial charge in [-0.1, -0.05) is 47.6 Å². The number of halogens is 1. The van der Waals surface area contributed by atoms with Crippen LogP contribution >= 0.6 is 23.4 Å². The highest BCUT2D eigenvalue weighted by Crippen LogP contribution is 2.16. The summed E-state index contributed by atoms with van der Waals surface area (Å²) in [5, 5.41) is 3.56. The van der Waals surface area contributed by atoms with Gasteiger partial charge in [0.05, 0.1) is 17.8 Å². The number of hydrogen-bond acceptors (Lipinski definition) is 5. The molecule has 0 radical (unpaired) electrons. The lowest BCUT2D eigenvalue weighted by Gasteiger charge is -2.08. The van der Waals surface area contributed by atoms with Crippen LogP contribution < -0.4 is 5.32 Å². The number of carbonyl (C=O) groups is 1. The lowest BCUT2D eigenvalue weighted by molar-refractivity contribution is 0.0945. The SMILES string of the molecule is COCc1cccc(CNC(=O)c2nc(SC)ncc2Cl)c1. The summed E-state index contributed by atoms with van der Waals surface area (Å²) < 4.78 is 5.09. The van der Waals surface area contributed by atoms with E-state index in [-0.39, 0.29) is 16.6 Å². The quantitative estimate of drug-likeness (QED) is 0.648. The van der Waals surface area contributed by atoms with E-state index in [0.29, 0.717) is 18.3 Å². The lowest BCUT2D eigenvalue weighted by atomic mass is 10.1. The van der Waals surface area contributed by atoms with E-state index in [0.717, 1.165) is 11.1 Å². The molecule has 5 nitrogen and oxygen atoms in total. The number of rotatable bonds is 6. The van der Waals surface area contributed by atoms with Gasteiger partial charge in [-0.2, -0.15) is 0 Å². The number of ether oxygens (including phenoxy) is 1. The fourth-order valence-electron chi connectivity index (χ4n) is 1.87. The van der Waals surface area contributed by atoms with E-state index in [4.69, 9.17) is 16.3 Å². The number of aromatic nitrogens is 2. The first kappa shape index (κ1) is 16.7. The normalized spacial score (nSPS) is 10.5. The molecular formula is C15H16ClN3O2S. The second-order valence-corrected chi connectivity index (χ2v) is 5.67. The molecule has 0 atom stereocenters. The van der Waals surface area contributed by atoms with Gasteiger partial charge in [-0.05, 0) is 17.4 Å². The highest BCUT2D eigenvalue weighted by Gasteiger charge is 2.13. The van der Waals surface area contributed by atoms with Crippen molar-refractivity contribution in [2.75, 3.05) is 13.4 Å². The number of methoxy groups -OCH3 is 1. The molecule has 0 saturated heterocycles. The van der Waals surface area contributed by atoms with Crippen LogP contribution in [-0.2, 0) is 17.9 Å². The van der Waals surface area contributed by atoms with E-state index in [1.807, 2.05) is 30.5 Å². The highest BCUT2D eigenvalue weighted by molar-refractivity contribution is 7.98. The fourth-order valence-corrected chi connectivity index (χ4v) is 2.39. The van der Waals surface area contributed by atoms with Gasteiger partial charge in [0.2, 0.25) is 0 Å². The summed E-state index contributed by atoms with van der Waals surface area (Å²) in [4.78, 5) is 20.4. The molecule has 2 rings (SSSR count). The first-order valence-electron chi connectivity index (χ1n) is 6.55. The number of hydrogen-bond donors (Lipinski definition) is 1. The van der Waals surface area contributed by atoms with Gasteiger partial charge in [0, 0.05) is 13.7 Å². The third-order valence-corrected chi connectivity index (χ3v) is 3.71. The van der Waals surface area contributed by atoms with Crippen LogP contribution in [0.5, 0.6) is 0 Å². The maximum Gasteiger partial charge on any atom is 0.271 e. The van der Waals surface area contributed by atoms with E-state index < -0.39 is 0 Å². The van der Waals surface area contributed by atoms with E-state index in [1.54, 1.807) is 7.11 Å². The number of benzene rings is 1. The zero-order valence-electron chi connectivity index (χ0n) is 12.3. The molecule has 0 aliphatic rings. The molecule has 1 amide bonds. The predicted octanol–water partition coefficient (Wildman–Crippen LogP) is 2.93. The minimum atomic E-state index is -0.320. The molecule has 1 aromatic carbocycles. The van der Waals surface area contributed by atoms with Crippen molar-refractivity contribution in [3.63, 3.8) is 0 Å². The molecule has 0 unspecified atom stereocenters. The molecule has 1 N–H and O–H groups in total. The average Bonchev–Trinajstić information content (AvgIpc) is 2.54. The second-order valence-electron chi connectivity index (χ2n) is 4.49. The van der Waals surface area contributed by atoms with E-state index >= 15 is 0 Å². The molecule has 2 aromatic rings. The van der Waals surface area contributed by atoms with Crippen LogP contribution in [0.2, 0.25) is 5.02 Å². The first-order valence-corrected chi connectivity index (χ1v) is 8.15. The molecule has 0 bridgehead atoms. The van der Waals surface area contributed by atoms with Crippen molar-refractivity contribution in [3.8, 4) is 0 Å². The standard InChI is InChI=1S/C15H16ClN3O2S/c1-21-9-11-5-3-4-10(6-11)7-17-14(20)13-12(16)8-18-15(19-13)22-2/h3-6,8H,7,9H2,1-2H3,(H,17,20). The monoisotopic (exact) mass is 337 g/mol. The Morgan fingerprint density at radius 2 is 2.18 bits per heavy atom. The van der Waals surface area contributed by atoms with Crippen molar-refractivity contribution in [1.82, 2.24) is 15.3 Å². The summed E-state index contributed by atoms with van der Waals surface area (Å²) in [6.07, 6.45) is 3.28. The van der Waals surface area contributed by atoms with Gasteiger partial charge in [0.25, 0.3) is 5.91 Å². The van der Waals surface area contributed by atoms with E-state index in [1.165, 1.54) is 18.0 Å². The van der Waals surface area contributed by atoms with Crippen LogP contribution in [0.15, 0.2) is 35.6 Å². The van der Waals surface area contributed by atoms with Gasteiger partial charge < -0.3 is 10.1 Å². The van der Waals surface area contributed by atoms with Crippen molar-refractivity contribution in [3.05, 3.63) is 52.3 Å². The number of nitrogens with one attached hydrogen (secondary N) is 1. The Hall–Kier alpha value is -1.63. The summed E-state index contributed by atoms with van der Waals surface area (Å²) >= 11 is 7.34. The number of nitrogens with zero attached hydrogens (tertiary/aromatic N) is 2. The van der Waals surface area contributed by atoms with Crippen LogP contribution in [0, 0.1) is 0 Å². The van der Waals surface area contributed by atoms with Crippen LogP contribution in [0.1, 0.15) is 21.6 Å². The maximum atomic E-state index is 12.2. The van der Waals surface area contributed by atoms with Crippen LogP contribution in [0.4, 0.5) is 0 Å². The smallest absolute Gasteiger partial charge is 0.271 e. The summed E-state index contributed by atoms with van der Waals surface area (Å²) in [5.74, 6) is -0.320. The molecule has 1 heterocycles. The van der Waals surface area contributed by atoms with E-state index in [9.17, 15) is 4.79 Å². The minimum Gasteiger partial charge on any atom is -0.380 e. The Balaban J connectivity index is 2.05. The molecule has 22 heavy (non-hydrogen) atoms. The van der Waals surface area contributed by atoms with Crippen molar-refractivity contribution in [2.24, 2.45) is 0 Å². The van der Waals surface area contributed by atoms with Crippen molar-refractivity contribution >= 4 is 29.3 Å². The first-order chi connectivity index (χ1) is 10.6. The van der Waals surface area contributed by atoms with Crippen LogP contribution in [0.25, 0.3) is 0 Å². The fraction of sp³-hybridized carbons (Fsp3) is 0.267. The van der Waals surface area contributed by atoms with Crippen molar-refractivity contribution < 1.29 is 9.53 Å². The van der Waals surface area contributed by atoms with Crippen LogP contribution in [0.3, 0.4) is 0 Å². The Morgan fingerprint density at radius 3 is 2.91 bits per heavy atom. The van der Waals surface area contributed by atoms with Gasteiger partial charge in [-0.25, -0.2) is 9.97 Å². The zero-order chi connectivity index (χ0) is 15.9. The lowest BCUT2D eigenvalue weighted by Crippen LogP contribution is -2.24. The number of thioether (sulfide) groups is 1. The van der Waals surface area contributed by atoms with Crippen LogP contribution in [-0.4, -0.2) is 29.2 Å². The molecule has 116 valence electrons. The van der Waals surface area contributed by atoms with Gasteiger partial charge in [-0.15, -0.1) is 0 Å². The third-order valence-electron chi connectivity index (χ3n) is 2.88. The second kappa shape index (κ2) is 8.12. The topological polar surface area (TPSA) is 64.1 Å². The third kappa shape index (κ3) is 4.43. The zero-order valence-corrected chi connectivity index (χ0v) is 13.9. The Kier molecular flexibility index (Phi) is 6.18. The van der Waals surface area contributed by atoms with Gasteiger partial charge >= 0.3 is 0 Å². The molecule has 0 fully saturated rings.